The lowest BCUT2D eigenvalue weighted by atomic mass is 10.1. The van der Waals surface area contributed by atoms with Crippen molar-refractivity contribution in [1.82, 2.24) is 4.90 Å². The van der Waals surface area contributed by atoms with E-state index in [0.717, 1.165) is 37.1 Å². The van der Waals surface area contributed by atoms with E-state index in [1.54, 1.807) is 4.90 Å². The molecule has 1 aromatic carbocycles. The lowest BCUT2D eigenvalue weighted by Crippen LogP contribution is -2.29. The molecule has 0 atom stereocenters. The molecule has 0 radical (unpaired) electrons. The number of hydrogen-bond donors (Lipinski definition) is 1. The number of carbonyl (C=O) groups excluding carboxylic acids is 1. The molecule has 4 nitrogen and oxygen atoms in total. The van der Waals surface area contributed by atoms with Gasteiger partial charge in [0, 0.05) is 20.2 Å². The van der Waals surface area contributed by atoms with Crippen molar-refractivity contribution in [3.63, 3.8) is 0 Å². The van der Waals surface area contributed by atoms with E-state index in [4.69, 9.17) is 9.84 Å². The number of rotatable bonds is 9. The molecular formula is C16H25NO3. The summed E-state index contributed by atoms with van der Waals surface area (Å²) in [6.07, 6.45) is 3.12. The molecule has 20 heavy (non-hydrogen) atoms. The number of ether oxygens (including phenoxy) is 1. The molecular weight excluding hydrogens is 254 g/mol. The van der Waals surface area contributed by atoms with Crippen molar-refractivity contribution < 1.29 is 14.6 Å². The SMILES string of the molecule is CCOc1ccc(CC(=O)N(C)CCCCCO)cc1. The number of aliphatic hydroxyl groups is 1. The normalized spacial score (nSPS) is 10.3. The van der Waals surface area contributed by atoms with Gasteiger partial charge in [-0.2, -0.15) is 0 Å². The van der Waals surface area contributed by atoms with Crippen molar-refractivity contribution in [2.45, 2.75) is 32.6 Å². The summed E-state index contributed by atoms with van der Waals surface area (Å²) in [5.74, 6) is 0.958. The lowest BCUT2D eigenvalue weighted by molar-refractivity contribution is -0.129. The van der Waals surface area contributed by atoms with Crippen molar-refractivity contribution in [3.05, 3.63) is 29.8 Å². The first-order chi connectivity index (χ1) is 9.67. The fourth-order valence-corrected chi connectivity index (χ4v) is 1.94. The Morgan fingerprint density at radius 1 is 1.20 bits per heavy atom. The Bertz CT molecular complexity index is 389. The minimum absolute atomic E-state index is 0.123. The van der Waals surface area contributed by atoms with Gasteiger partial charge in [-0.1, -0.05) is 12.1 Å². The molecule has 0 aliphatic heterocycles. The maximum Gasteiger partial charge on any atom is 0.226 e. The highest BCUT2D eigenvalue weighted by Crippen LogP contribution is 2.13. The monoisotopic (exact) mass is 279 g/mol. The quantitative estimate of drug-likeness (QED) is 0.705. The summed E-state index contributed by atoms with van der Waals surface area (Å²) in [5, 5.41) is 8.71. The summed E-state index contributed by atoms with van der Waals surface area (Å²) in [7, 11) is 1.83. The van der Waals surface area contributed by atoms with E-state index >= 15 is 0 Å². The van der Waals surface area contributed by atoms with E-state index in [9.17, 15) is 4.79 Å². The fraction of sp³-hybridized carbons (Fsp3) is 0.562. The average molecular weight is 279 g/mol. The topological polar surface area (TPSA) is 49.8 Å². The number of amides is 1. The maximum absolute atomic E-state index is 12.0. The first kappa shape index (κ1) is 16.5. The molecule has 0 bridgehead atoms. The molecule has 0 unspecified atom stereocenters. The first-order valence-corrected chi connectivity index (χ1v) is 7.24. The third-order valence-corrected chi connectivity index (χ3v) is 3.17. The molecule has 0 fully saturated rings. The Morgan fingerprint density at radius 3 is 2.50 bits per heavy atom. The molecule has 0 saturated heterocycles. The third-order valence-electron chi connectivity index (χ3n) is 3.17. The van der Waals surface area contributed by atoms with Crippen LogP contribution in [0.5, 0.6) is 5.75 Å². The fourth-order valence-electron chi connectivity index (χ4n) is 1.94. The van der Waals surface area contributed by atoms with Crippen molar-refractivity contribution >= 4 is 5.91 Å². The second-order valence-electron chi connectivity index (χ2n) is 4.85. The zero-order valence-electron chi connectivity index (χ0n) is 12.5. The summed E-state index contributed by atoms with van der Waals surface area (Å²) in [5.41, 5.74) is 1.00. The van der Waals surface area contributed by atoms with Crippen LogP contribution in [0.15, 0.2) is 24.3 Å². The van der Waals surface area contributed by atoms with Crippen LogP contribution in [-0.2, 0) is 11.2 Å². The zero-order chi connectivity index (χ0) is 14.8. The van der Waals surface area contributed by atoms with Crippen LogP contribution in [-0.4, -0.2) is 42.7 Å². The molecule has 112 valence electrons. The van der Waals surface area contributed by atoms with Gasteiger partial charge in [-0.3, -0.25) is 4.79 Å². The van der Waals surface area contributed by atoms with Crippen molar-refractivity contribution in [2.24, 2.45) is 0 Å². The van der Waals surface area contributed by atoms with Crippen molar-refractivity contribution in [3.8, 4) is 5.75 Å². The van der Waals surface area contributed by atoms with E-state index in [1.165, 1.54) is 0 Å². The van der Waals surface area contributed by atoms with Crippen molar-refractivity contribution in [2.75, 3.05) is 26.8 Å². The second-order valence-corrected chi connectivity index (χ2v) is 4.85. The summed E-state index contributed by atoms with van der Waals surface area (Å²) in [4.78, 5) is 13.8. The highest BCUT2D eigenvalue weighted by atomic mass is 16.5. The van der Waals surface area contributed by atoms with E-state index in [-0.39, 0.29) is 12.5 Å². The largest absolute Gasteiger partial charge is 0.494 e. The molecule has 0 spiro atoms. The maximum atomic E-state index is 12.0. The number of nitrogens with zero attached hydrogens (tertiary/aromatic N) is 1. The van der Waals surface area contributed by atoms with Crippen LogP contribution < -0.4 is 4.74 Å². The van der Waals surface area contributed by atoms with Crippen LogP contribution in [0.25, 0.3) is 0 Å². The Morgan fingerprint density at radius 2 is 1.90 bits per heavy atom. The predicted molar refractivity (Wildman–Crippen MR) is 79.9 cm³/mol. The number of unbranched alkanes of at least 4 members (excludes halogenated alkanes) is 2. The molecule has 4 heteroatoms. The van der Waals surface area contributed by atoms with Gasteiger partial charge in [0.15, 0.2) is 0 Å². The minimum atomic E-state index is 0.123. The second kappa shape index (κ2) is 9.37. The minimum Gasteiger partial charge on any atom is -0.494 e. The number of carbonyl (C=O) groups is 1. The summed E-state index contributed by atoms with van der Waals surface area (Å²) in [6, 6.07) is 7.66. The third kappa shape index (κ3) is 6.06. The average Bonchev–Trinajstić information content (AvgIpc) is 2.45. The number of likely N-dealkylation sites (N-methyl/N-ethyl adjacent to an activating group) is 1. The predicted octanol–water partition coefficient (Wildman–Crippen LogP) is 2.25. The summed E-state index contributed by atoms with van der Waals surface area (Å²) in [6.45, 7) is 3.57. The Balaban J connectivity index is 2.36. The van der Waals surface area contributed by atoms with Gasteiger partial charge < -0.3 is 14.7 Å². The highest BCUT2D eigenvalue weighted by Gasteiger charge is 2.09. The Hall–Kier alpha value is -1.55. The van der Waals surface area contributed by atoms with Crippen LogP contribution in [0.3, 0.4) is 0 Å². The van der Waals surface area contributed by atoms with Crippen LogP contribution in [0.1, 0.15) is 31.7 Å². The lowest BCUT2D eigenvalue weighted by Gasteiger charge is -2.17. The molecule has 0 heterocycles. The van der Waals surface area contributed by atoms with Gasteiger partial charge >= 0.3 is 0 Å². The van der Waals surface area contributed by atoms with Gasteiger partial charge in [0.05, 0.1) is 13.0 Å². The zero-order valence-corrected chi connectivity index (χ0v) is 12.5. The molecule has 1 rings (SSSR count). The molecule has 1 aromatic rings. The number of aliphatic hydroxyl groups excluding tert-OH is 1. The standard InChI is InChI=1S/C16H25NO3/c1-3-20-15-9-7-14(8-10-15)13-16(19)17(2)11-5-4-6-12-18/h7-10,18H,3-6,11-13H2,1-2H3. The smallest absolute Gasteiger partial charge is 0.226 e. The number of hydrogen-bond acceptors (Lipinski definition) is 3. The Labute approximate surface area is 121 Å². The van der Waals surface area contributed by atoms with E-state index in [0.29, 0.717) is 13.0 Å². The molecule has 0 aromatic heterocycles. The van der Waals surface area contributed by atoms with Gasteiger partial charge in [-0.25, -0.2) is 0 Å². The van der Waals surface area contributed by atoms with Gasteiger partial charge in [0.2, 0.25) is 5.91 Å². The molecule has 1 amide bonds. The van der Waals surface area contributed by atoms with Crippen LogP contribution in [0.2, 0.25) is 0 Å². The van der Waals surface area contributed by atoms with Crippen LogP contribution in [0, 0.1) is 0 Å². The molecule has 0 aliphatic rings. The van der Waals surface area contributed by atoms with E-state index < -0.39 is 0 Å². The van der Waals surface area contributed by atoms with Crippen molar-refractivity contribution in [1.29, 1.82) is 0 Å². The van der Waals surface area contributed by atoms with E-state index in [1.807, 2.05) is 38.2 Å². The number of benzene rings is 1. The van der Waals surface area contributed by atoms with Gasteiger partial charge in [-0.15, -0.1) is 0 Å². The van der Waals surface area contributed by atoms with Gasteiger partial charge in [-0.05, 0) is 43.9 Å². The van der Waals surface area contributed by atoms with Gasteiger partial charge in [0.25, 0.3) is 0 Å². The molecule has 0 aliphatic carbocycles. The molecule has 0 saturated carbocycles. The molecule has 1 N–H and O–H groups in total. The summed E-state index contributed by atoms with van der Waals surface area (Å²) >= 11 is 0. The van der Waals surface area contributed by atoms with Gasteiger partial charge in [0.1, 0.15) is 5.75 Å². The van der Waals surface area contributed by atoms with E-state index in [2.05, 4.69) is 0 Å². The summed E-state index contributed by atoms with van der Waals surface area (Å²) < 4.78 is 5.37. The first-order valence-electron chi connectivity index (χ1n) is 7.24. The highest BCUT2D eigenvalue weighted by molar-refractivity contribution is 5.78. The van der Waals surface area contributed by atoms with Crippen LogP contribution in [0.4, 0.5) is 0 Å². The Kier molecular flexibility index (Phi) is 7.73. The van der Waals surface area contributed by atoms with Crippen LogP contribution >= 0.6 is 0 Å².